The number of benzene rings is 3. The maximum atomic E-state index is 14.7. The van der Waals surface area contributed by atoms with Gasteiger partial charge in [0.2, 0.25) is 11.8 Å². The van der Waals surface area contributed by atoms with Crippen LogP contribution in [0.15, 0.2) is 54.0 Å². The second-order valence-electron chi connectivity index (χ2n) is 19.9. The van der Waals surface area contributed by atoms with Crippen LogP contribution in [-0.2, 0) is 30.6 Å². The SMILES string of the molecule is Cc1ncsc1-c1ccc(CNC(=O)C2C[C@@H](O)CN2C(=O)[C@@H](NC(=O)C2(F)CC2)C(C)(C)C)c(OCC(=O)CCCCCCCCCCCCONC(=O)c2ccc(F)c(F)c2Nc2ccc(I)cc2F)c1. The molecule has 2 fully saturated rings. The Kier molecular flexibility index (Phi) is 20.6. The number of aliphatic hydroxyl groups excluding tert-OH is 1. The zero-order valence-corrected chi connectivity index (χ0v) is 44.6. The van der Waals surface area contributed by atoms with Crippen molar-refractivity contribution < 1.29 is 56.2 Å². The second kappa shape index (κ2) is 26.3. The molecule has 0 bridgehead atoms. The van der Waals surface area contributed by atoms with E-state index < -0.39 is 76.0 Å². The number of nitrogens with one attached hydrogen (secondary N) is 4. The first-order valence-electron chi connectivity index (χ1n) is 24.8. The number of carbonyl (C=O) groups excluding carboxylic acids is 5. The van der Waals surface area contributed by atoms with Crippen LogP contribution in [0, 0.1) is 33.4 Å². The van der Waals surface area contributed by atoms with Gasteiger partial charge in [-0.2, -0.15) is 0 Å². The number of aryl methyl sites for hydroxylation is 1. The maximum Gasteiger partial charge on any atom is 0.277 e. The molecule has 1 aliphatic heterocycles. The number of hydrogen-bond acceptors (Lipinski definition) is 11. The first kappa shape index (κ1) is 57.1. The smallest absolute Gasteiger partial charge is 0.277 e. The summed E-state index contributed by atoms with van der Waals surface area (Å²) >= 11 is 3.39. The number of ketones is 1. The number of likely N-dealkylation sites (tertiary alicyclic amines) is 1. The molecule has 3 atom stereocenters. The third-order valence-electron chi connectivity index (χ3n) is 12.9. The molecule has 6 rings (SSSR count). The lowest BCUT2D eigenvalue weighted by Crippen LogP contribution is -2.59. The molecule has 1 aromatic heterocycles. The van der Waals surface area contributed by atoms with Crippen LogP contribution in [0.1, 0.15) is 132 Å². The van der Waals surface area contributed by atoms with Crippen LogP contribution in [-0.4, -0.2) is 88.0 Å². The Morgan fingerprint density at radius 2 is 1.60 bits per heavy atom. The molecule has 0 radical (unpaired) electrons. The van der Waals surface area contributed by atoms with Crippen molar-refractivity contribution in [3.63, 3.8) is 0 Å². The summed E-state index contributed by atoms with van der Waals surface area (Å²) in [4.78, 5) is 78.0. The van der Waals surface area contributed by atoms with Crippen molar-refractivity contribution in [3.05, 3.63) is 91.9 Å². The number of β-amino-alcohol motifs (C(OH)–C–C–N with tert-alkyl or cyclic N) is 1. The summed E-state index contributed by atoms with van der Waals surface area (Å²) in [5.74, 6) is -5.60. The molecule has 396 valence electrons. The van der Waals surface area contributed by atoms with E-state index in [9.17, 15) is 46.6 Å². The largest absolute Gasteiger partial charge is 0.485 e. The first-order chi connectivity index (χ1) is 34.7. The lowest BCUT2D eigenvalue weighted by Gasteiger charge is -2.35. The van der Waals surface area contributed by atoms with E-state index in [-0.39, 0.29) is 62.6 Å². The van der Waals surface area contributed by atoms with Gasteiger partial charge >= 0.3 is 0 Å². The zero-order chi connectivity index (χ0) is 52.9. The van der Waals surface area contributed by atoms with E-state index in [0.717, 1.165) is 86.1 Å². The van der Waals surface area contributed by atoms with E-state index in [1.54, 1.807) is 32.3 Å². The van der Waals surface area contributed by atoms with Crippen molar-refractivity contribution >= 4 is 74.7 Å². The molecule has 0 spiro atoms. The van der Waals surface area contributed by atoms with Crippen LogP contribution >= 0.6 is 33.9 Å². The number of amides is 4. The lowest BCUT2D eigenvalue weighted by atomic mass is 9.85. The maximum absolute atomic E-state index is 14.7. The van der Waals surface area contributed by atoms with Gasteiger partial charge in [0.25, 0.3) is 11.8 Å². The third kappa shape index (κ3) is 16.2. The van der Waals surface area contributed by atoms with Crippen LogP contribution in [0.3, 0.4) is 0 Å². The van der Waals surface area contributed by atoms with Gasteiger partial charge in [0, 0.05) is 35.1 Å². The molecule has 3 aromatic carbocycles. The standard InChI is InChI=1S/C53H65F4IN6O8S/c1-32-46(73-31-60-32)33-16-17-34(28-59-49(68)42-27-37(66)29-64(42)50(69)47(52(2,3)4)62-51(70)53(57)22-23-53)43(25-33)71-30-36(65)15-13-11-9-7-5-6-8-10-12-14-24-72-63-48(67)38-19-20-39(54)44(56)45(38)61-41-21-18-35(58)26-40(41)55/h16-21,25-26,31,37,42,47,61,66H,5-15,22-24,27-30H2,1-4H3,(H,59,68)(H,62,70)(H,63,67)/t37-,42?,47-/m1/s1. The van der Waals surface area contributed by atoms with Crippen LogP contribution in [0.5, 0.6) is 5.75 Å². The summed E-state index contributed by atoms with van der Waals surface area (Å²) in [6.07, 6.45) is 8.82. The number of hydrogen-bond donors (Lipinski definition) is 5. The molecule has 73 heavy (non-hydrogen) atoms. The number of carbonyl (C=O) groups is 5. The van der Waals surface area contributed by atoms with Gasteiger partial charge in [0.15, 0.2) is 23.1 Å². The number of aliphatic hydroxyl groups is 1. The highest BCUT2D eigenvalue weighted by molar-refractivity contribution is 14.1. The Labute approximate surface area is 441 Å². The fraction of sp³-hybridized carbons (Fsp3) is 0.509. The summed E-state index contributed by atoms with van der Waals surface area (Å²) in [5.41, 5.74) is 2.61. The number of halogens is 5. The van der Waals surface area contributed by atoms with Gasteiger partial charge in [0.1, 0.15) is 30.3 Å². The molecule has 1 unspecified atom stereocenters. The minimum Gasteiger partial charge on any atom is -0.485 e. The number of alkyl halides is 1. The van der Waals surface area contributed by atoms with Crippen LogP contribution < -0.4 is 26.2 Å². The molecular weight excluding hydrogens is 1080 g/mol. The third-order valence-corrected chi connectivity index (χ3v) is 14.6. The van der Waals surface area contributed by atoms with Crippen LogP contribution in [0.4, 0.5) is 28.9 Å². The molecule has 1 saturated heterocycles. The van der Waals surface area contributed by atoms with Crippen molar-refractivity contribution in [1.82, 2.24) is 26.0 Å². The highest BCUT2D eigenvalue weighted by Crippen LogP contribution is 2.41. The molecule has 20 heteroatoms. The van der Waals surface area contributed by atoms with Gasteiger partial charge in [-0.1, -0.05) is 84.3 Å². The summed E-state index contributed by atoms with van der Waals surface area (Å²) in [6, 6.07) is 9.44. The van der Waals surface area contributed by atoms with Crippen molar-refractivity contribution in [2.24, 2.45) is 5.41 Å². The number of aromatic nitrogens is 1. The highest BCUT2D eigenvalue weighted by Gasteiger charge is 2.53. The molecule has 2 heterocycles. The monoisotopic (exact) mass is 1150 g/mol. The van der Waals surface area contributed by atoms with E-state index in [1.807, 2.05) is 47.7 Å². The molecule has 2 aliphatic rings. The Morgan fingerprint density at radius 1 is 0.918 bits per heavy atom. The highest BCUT2D eigenvalue weighted by atomic mass is 127. The quantitative estimate of drug-likeness (QED) is 0.0166. The molecule has 4 amide bonds. The number of ether oxygens (including phenoxy) is 1. The molecule has 14 nitrogen and oxygen atoms in total. The van der Waals surface area contributed by atoms with Gasteiger partial charge in [-0.3, -0.25) is 28.8 Å². The molecule has 1 aliphatic carbocycles. The normalized spacial score (nSPS) is 16.4. The molecule has 4 aromatic rings. The number of nitrogens with zero attached hydrogens (tertiary/aromatic N) is 2. The van der Waals surface area contributed by atoms with E-state index >= 15 is 0 Å². The number of anilines is 2. The van der Waals surface area contributed by atoms with Crippen LogP contribution in [0.25, 0.3) is 10.4 Å². The van der Waals surface area contributed by atoms with Gasteiger partial charge in [0.05, 0.1) is 45.7 Å². The number of Topliss-reactive ketones (excluding diaryl/α,β-unsaturated/α-hetero) is 1. The summed E-state index contributed by atoms with van der Waals surface area (Å²) in [7, 11) is 0. The first-order valence-corrected chi connectivity index (χ1v) is 26.8. The van der Waals surface area contributed by atoms with E-state index in [1.165, 1.54) is 28.4 Å². The van der Waals surface area contributed by atoms with Gasteiger partial charge in [-0.25, -0.2) is 28.0 Å². The Hall–Kier alpha value is -5.19. The van der Waals surface area contributed by atoms with Gasteiger partial charge in [-0.05, 0) is 103 Å². The fourth-order valence-electron chi connectivity index (χ4n) is 8.47. The van der Waals surface area contributed by atoms with Gasteiger partial charge in [-0.15, -0.1) is 11.3 Å². The topological polar surface area (TPSA) is 188 Å². The van der Waals surface area contributed by atoms with Gasteiger partial charge < -0.3 is 30.7 Å². The van der Waals surface area contributed by atoms with Crippen molar-refractivity contribution in [2.45, 2.75) is 148 Å². The van der Waals surface area contributed by atoms with Crippen LogP contribution in [0.2, 0.25) is 0 Å². The van der Waals surface area contributed by atoms with E-state index in [0.29, 0.717) is 27.7 Å². The number of unbranched alkanes of at least 4 members (excludes halogenated alkanes) is 9. The van der Waals surface area contributed by atoms with E-state index in [2.05, 4.69) is 26.4 Å². The molecule has 1 saturated carbocycles. The predicted octanol–water partition coefficient (Wildman–Crippen LogP) is 10.1. The Bertz CT molecular complexity index is 2590. The van der Waals surface area contributed by atoms with E-state index in [4.69, 9.17) is 9.57 Å². The van der Waals surface area contributed by atoms with Crippen molar-refractivity contribution in [1.29, 1.82) is 0 Å². The lowest BCUT2D eigenvalue weighted by molar-refractivity contribution is -0.145. The summed E-state index contributed by atoms with van der Waals surface area (Å²) in [5, 5.41) is 18.6. The minimum atomic E-state index is -2.00. The van der Waals surface area contributed by atoms with Crippen molar-refractivity contribution in [2.75, 3.05) is 25.1 Å². The summed E-state index contributed by atoms with van der Waals surface area (Å²) < 4.78 is 64.5. The zero-order valence-electron chi connectivity index (χ0n) is 41.7. The second-order valence-corrected chi connectivity index (χ2v) is 22.0. The average Bonchev–Trinajstić information content (AvgIpc) is 3.75. The number of thiazole rings is 1. The number of hydroxylamine groups is 1. The summed E-state index contributed by atoms with van der Waals surface area (Å²) in [6.45, 7) is 7.05. The molecule has 5 N–H and O–H groups in total. The molecular formula is C53H65F4IN6O8S. The fourth-order valence-corrected chi connectivity index (χ4v) is 9.73. The predicted molar refractivity (Wildman–Crippen MR) is 278 cm³/mol. The Balaban J connectivity index is 0.874. The number of rotatable bonds is 27. The van der Waals surface area contributed by atoms with Crippen molar-refractivity contribution in [3.8, 4) is 16.2 Å². The Morgan fingerprint density at radius 3 is 2.25 bits per heavy atom. The average molecular weight is 1150 g/mol. The minimum absolute atomic E-state index is 0.00122.